The fourth-order valence-corrected chi connectivity index (χ4v) is 1.57. The van der Waals surface area contributed by atoms with Gasteiger partial charge in [0, 0.05) is 18.2 Å². The van der Waals surface area contributed by atoms with Gasteiger partial charge in [-0.2, -0.15) is 0 Å². The van der Waals surface area contributed by atoms with Gasteiger partial charge in [0.2, 0.25) is 0 Å². The molecule has 0 fully saturated rings. The first-order valence-corrected chi connectivity index (χ1v) is 5.21. The highest BCUT2D eigenvalue weighted by molar-refractivity contribution is 5.88. The Kier molecular flexibility index (Phi) is 4.09. The van der Waals surface area contributed by atoms with Crippen molar-refractivity contribution in [3.8, 4) is 5.75 Å². The monoisotopic (exact) mass is 253 g/mol. The van der Waals surface area contributed by atoms with Crippen molar-refractivity contribution in [1.82, 2.24) is 0 Å². The minimum Gasteiger partial charge on any atom is -0.530 e. The SMILES string of the molecule is COc1ccc([N+](=O)[O-])cc1N(C(=O)[O-])C(C)C. The Morgan fingerprint density at radius 1 is 1.44 bits per heavy atom. The van der Waals surface area contributed by atoms with Crippen LogP contribution < -0.4 is 14.7 Å². The van der Waals surface area contributed by atoms with Gasteiger partial charge in [-0.1, -0.05) is 0 Å². The Morgan fingerprint density at radius 2 is 2.06 bits per heavy atom. The number of non-ortho nitro benzene ring substituents is 1. The van der Waals surface area contributed by atoms with Crippen LogP contribution in [0.5, 0.6) is 5.75 Å². The number of hydrogen-bond acceptors (Lipinski definition) is 5. The molecule has 7 heteroatoms. The van der Waals surface area contributed by atoms with Crippen LogP contribution >= 0.6 is 0 Å². The molecule has 1 rings (SSSR count). The van der Waals surface area contributed by atoms with Gasteiger partial charge < -0.3 is 19.5 Å². The number of nitrogens with zero attached hydrogens (tertiary/aromatic N) is 2. The average Bonchev–Trinajstić information content (AvgIpc) is 2.27. The van der Waals surface area contributed by atoms with Crippen molar-refractivity contribution in [1.29, 1.82) is 0 Å². The highest BCUT2D eigenvalue weighted by Crippen LogP contribution is 2.33. The summed E-state index contributed by atoms with van der Waals surface area (Å²) in [4.78, 5) is 22.1. The highest BCUT2D eigenvalue weighted by atomic mass is 16.6. The zero-order valence-corrected chi connectivity index (χ0v) is 10.2. The van der Waals surface area contributed by atoms with E-state index in [-0.39, 0.29) is 17.1 Å². The standard InChI is InChI=1S/C11H14N2O5/c1-7(2)12(11(14)15)9-6-8(13(16)17)4-5-10(9)18-3/h4-7H,1-3H3,(H,14,15)/p-1. The molecule has 18 heavy (non-hydrogen) atoms. The van der Waals surface area contributed by atoms with Gasteiger partial charge in [0.05, 0.1) is 17.7 Å². The Morgan fingerprint density at radius 3 is 2.44 bits per heavy atom. The van der Waals surface area contributed by atoms with Crippen LogP contribution in [0.4, 0.5) is 16.2 Å². The third-order valence-corrected chi connectivity index (χ3v) is 2.35. The number of carbonyl (C=O) groups excluding carboxylic acids is 1. The summed E-state index contributed by atoms with van der Waals surface area (Å²) in [6.07, 6.45) is -1.44. The third kappa shape index (κ3) is 2.68. The van der Waals surface area contributed by atoms with E-state index in [4.69, 9.17) is 4.74 Å². The van der Waals surface area contributed by atoms with E-state index in [1.165, 1.54) is 19.2 Å². The first-order valence-electron chi connectivity index (χ1n) is 5.21. The van der Waals surface area contributed by atoms with Gasteiger partial charge in [-0.05, 0) is 19.9 Å². The summed E-state index contributed by atoms with van der Waals surface area (Å²) >= 11 is 0. The van der Waals surface area contributed by atoms with E-state index in [2.05, 4.69) is 0 Å². The first kappa shape index (κ1) is 13.8. The summed E-state index contributed by atoms with van der Waals surface area (Å²) in [7, 11) is 1.36. The molecule has 0 spiro atoms. The molecular formula is C11H13N2O5-. The molecule has 98 valence electrons. The Balaban J connectivity index is 3.38. The molecule has 0 aromatic heterocycles. The van der Waals surface area contributed by atoms with Crippen molar-refractivity contribution in [3.05, 3.63) is 28.3 Å². The Bertz CT molecular complexity index is 473. The van der Waals surface area contributed by atoms with Crippen LogP contribution in [0.3, 0.4) is 0 Å². The number of hydrogen-bond donors (Lipinski definition) is 0. The van der Waals surface area contributed by atoms with Crippen molar-refractivity contribution >= 4 is 17.5 Å². The molecule has 0 atom stereocenters. The lowest BCUT2D eigenvalue weighted by molar-refractivity contribution is -0.384. The fraction of sp³-hybridized carbons (Fsp3) is 0.364. The molecule has 0 bridgehead atoms. The van der Waals surface area contributed by atoms with Gasteiger partial charge in [-0.15, -0.1) is 0 Å². The zero-order chi connectivity index (χ0) is 13.9. The average molecular weight is 253 g/mol. The number of carbonyl (C=O) groups is 1. The van der Waals surface area contributed by atoms with E-state index in [0.717, 1.165) is 11.0 Å². The number of rotatable bonds is 4. The molecule has 1 aromatic carbocycles. The van der Waals surface area contributed by atoms with Crippen molar-refractivity contribution in [2.24, 2.45) is 0 Å². The maximum atomic E-state index is 11.1. The number of methoxy groups -OCH3 is 1. The summed E-state index contributed by atoms with van der Waals surface area (Å²) in [6, 6.07) is 3.32. The smallest absolute Gasteiger partial charge is 0.271 e. The van der Waals surface area contributed by atoms with Crippen LogP contribution in [-0.4, -0.2) is 24.2 Å². The van der Waals surface area contributed by atoms with E-state index in [9.17, 15) is 20.0 Å². The van der Waals surface area contributed by atoms with Gasteiger partial charge in [0.15, 0.2) is 0 Å². The number of ether oxygens (including phenoxy) is 1. The lowest BCUT2D eigenvalue weighted by atomic mass is 10.2. The molecule has 0 aliphatic heterocycles. The Hall–Kier alpha value is -2.31. The molecule has 1 amide bonds. The van der Waals surface area contributed by atoms with Crippen LogP contribution in [0.25, 0.3) is 0 Å². The van der Waals surface area contributed by atoms with Crippen LogP contribution in [0, 0.1) is 10.1 Å². The van der Waals surface area contributed by atoms with Gasteiger partial charge >= 0.3 is 0 Å². The lowest BCUT2D eigenvalue weighted by Crippen LogP contribution is -2.45. The van der Waals surface area contributed by atoms with Crippen LogP contribution in [0.1, 0.15) is 13.8 Å². The summed E-state index contributed by atoms with van der Waals surface area (Å²) in [6.45, 7) is 3.27. The van der Waals surface area contributed by atoms with Crippen LogP contribution in [0.15, 0.2) is 18.2 Å². The molecule has 7 nitrogen and oxygen atoms in total. The second kappa shape index (κ2) is 5.35. The maximum Gasteiger partial charge on any atom is 0.271 e. The predicted octanol–water partition coefficient (Wildman–Crippen LogP) is 1.16. The van der Waals surface area contributed by atoms with Crippen LogP contribution in [0.2, 0.25) is 0 Å². The van der Waals surface area contributed by atoms with Crippen molar-refractivity contribution in [2.75, 3.05) is 12.0 Å². The summed E-state index contributed by atoms with van der Waals surface area (Å²) in [5.41, 5.74) is -0.112. The fourth-order valence-electron chi connectivity index (χ4n) is 1.57. The van der Waals surface area contributed by atoms with Crippen molar-refractivity contribution < 1.29 is 19.6 Å². The van der Waals surface area contributed by atoms with E-state index >= 15 is 0 Å². The van der Waals surface area contributed by atoms with E-state index < -0.39 is 17.1 Å². The highest BCUT2D eigenvalue weighted by Gasteiger charge is 2.20. The molecule has 0 saturated carbocycles. The molecule has 0 saturated heterocycles. The normalized spacial score (nSPS) is 10.2. The van der Waals surface area contributed by atoms with Gasteiger partial charge in [0.25, 0.3) is 5.69 Å². The number of nitro groups is 1. The number of anilines is 1. The number of nitro benzene ring substituents is 1. The lowest BCUT2D eigenvalue weighted by Gasteiger charge is -2.30. The minimum atomic E-state index is -1.44. The summed E-state index contributed by atoms with van der Waals surface area (Å²) in [5.74, 6) is 0.235. The van der Waals surface area contributed by atoms with E-state index in [0.29, 0.717) is 0 Å². The van der Waals surface area contributed by atoms with Gasteiger partial charge in [-0.25, -0.2) is 0 Å². The second-order valence-corrected chi connectivity index (χ2v) is 3.84. The number of carboxylic acid groups (broad SMARTS) is 1. The van der Waals surface area contributed by atoms with Crippen molar-refractivity contribution in [3.63, 3.8) is 0 Å². The molecule has 0 N–H and O–H groups in total. The molecule has 0 unspecified atom stereocenters. The Labute approximate surface area is 104 Å². The summed E-state index contributed by atoms with van der Waals surface area (Å²) < 4.78 is 5.01. The van der Waals surface area contributed by atoms with Gasteiger partial charge in [0.1, 0.15) is 11.8 Å². The van der Waals surface area contributed by atoms with E-state index in [1.807, 2.05) is 0 Å². The van der Waals surface area contributed by atoms with Crippen molar-refractivity contribution in [2.45, 2.75) is 19.9 Å². The molecular weight excluding hydrogens is 240 g/mol. The zero-order valence-electron chi connectivity index (χ0n) is 10.2. The molecule has 0 aliphatic carbocycles. The van der Waals surface area contributed by atoms with Crippen LogP contribution in [-0.2, 0) is 0 Å². The molecule has 1 aromatic rings. The first-order chi connectivity index (χ1) is 8.38. The number of benzene rings is 1. The minimum absolute atomic E-state index is 0.0988. The van der Waals surface area contributed by atoms with E-state index in [1.54, 1.807) is 13.8 Å². The largest absolute Gasteiger partial charge is 0.530 e. The quantitative estimate of drug-likeness (QED) is 0.592. The summed E-state index contributed by atoms with van der Waals surface area (Å²) in [5, 5.41) is 21.8. The third-order valence-electron chi connectivity index (χ3n) is 2.35. The number of amides is 1. The molecule has 0 heterocycles. The predicted molar refractivity (Wildman–Crippen MR) is 62.7 cm³/mol. The second-order valence-electron chi connectivity index (χ2n) is 3.84. The molecule has 0 aliphatic rings. The van der Waals surface area contributed by atoms with Gasteiger partial charge in [-0.3, -0.25) is 10.1 Å². The molecule has 0 radical (unpaired) electrons. The topological polar surface area (TPSA) is 95.7 Å². The maximum absolute atomic E-state index is 11.1.